The highest BCUT2D eigenvalue weighted by Crippen LogP contribution is 2.42. The van der Waals surface area contributed by atoms with Gasteiger partial charge in [-0.05, 0) is 44.8 Å². The highest BCUT2D eigenvalue weighted by Gasteiger charge is 2.17. The molecule has 0 aliphatic rings. The van der Waals surface area contributed by atoms with Crippen LogP contribution in [0.1, 0.15) is 6.92 Å². The van der Waals surface area contributed by atoms with E-state index < -0.39 is 6.16 Å². The molecule has 0 amide bonds. The highest BCUT2D eigenvalue weighted by molar-refractivity contribution is 9.11. The van der Waals surface area contributed by atoms with Gasteiger partial charge in [-0.3, -0.25) is 0 Å². The van der Waals surface area contributed by atoms with Gasteiger partial charge in [0.1, 0.15) is 4.47 Å². The summed E-state index contributed by atoms with van der Waals surface area (Å²) >= 11 is 6.77. The Bertz CT molecular complexity index is 620. The maximum Gasteiger partial charge on any atom is 0.516 e. The Kier molecular flexibility index (Phi) is 4.36. The highest BCUT2D eigenvalue weighted by atomic mass is 79.9. The molecule has 5 nitrogen and oxygen atoms in total. The molecule has 0 fully saturated rings. The fourth-order valence-electron chi connectivity index (χ4n) is 1.54. The zero-order valence-corrected chi connectivity index (χ0v) is 13.3. The van der Waals surface area contributed by atoms with Crippen molar-refractivity contribution in [3.8, 4) is 11.7 Å². The summed E-state index contributed by atoms with van der Waals surface area (Å²) in [7, 11) is 1.55. The molecule has 2 rings (SSSR count). The van der Waals surface area contributed by atoms with E-state index >= 15 is 0 Å². The first-order valence-corrected chi connectivity index (χ1v) is 6.95. The van der Waals surface area contributed by atoms with E-state index in [2.05, 4.69) is 36.6 Å². The van der Waals surface area contributed by atoms with Gasteiger partial charge in [0.2, 0.25) is 0 Å². The molecule has 102 valence electrons. The number of hydrogen-bond acceptors (Lipinski definition) is 5. The van der Waals surface area contributed by atoms with Crippen LogP contribution in [-0.4, -0.2) is 19.9 Å². The maximum atomic E-state index is 11.2. The molecule has 1 heterocycles. The molecule has 0 N–H and O–H groups in total. The van der Waals surface area contributed by atoms with Crippen LogP contribution in [0.2, 0.25) is 0 Å². The maximum absolute atomic E-state index is 11.2. The van der Waals surface area contributed by atoms with Gasteiger partial charge in [0.15, 0.2) is 11.3 Å². The van der Waals surface area contributed by atoms with Gasteiger partial charge in [-0.1, -0.05) is 0 Å². The molecule has 0 saturated carbocycles. The number of benzene rings is 1. The lowest BCUT2D eigenvalue weighted by Gasteiger charge is -2.05. The molecule has 0 aliphatic carbocycles. The lowest BCUT2D eigenvalue weighted by Crippen LogP contribution is -2.09. The number of rotatable bonds is 3. The van der Waals surface area contributed by atoms with E-state index in [1.807, 2.05) is 0 Å². The van der Waals surface area contributed by atoms with E-state index in [9.17, 15) is 4.79 Å². The normalized spacial score (nSPS) is 10.5. The van der Waals surface area contributed by atoms with Crippen molar-refractivity contribution in [1.82, 2.24) is 0 Å². The van der Waals surface area contributed by atoms with E-state index in [0.29, 0.717) is 15.8 Å². The summed E-state index contributed by atoms with van der Waals surface area (Å²) in [5.74, 6) is 0.666. The molecule has 0 saturated heterocycles. The van der Waals surface area contributed by atoms with Gasteiger partial charge in [0, 0.05) is 11.5 Å². The molecule has 0 radical (unpaired) electrons. The fraction of sp³-hybridized carbons (Fsp3) is 0.250. The van der Waals surface area contributed by atoms with Gasteiger partial charge in [-0.25, -0.2) is 4.79 Å². The smallest absolute Gasteiger partial charge is 0.494 e. The predicted octanol–water partition coefficient (Wildman–Crippen LogP) is 4.50. The molecule has 0 atom stereocenters. The Morgan fingerprint density at radius 2 is 2.11 bits per heavy atom. The van der Waals surface area contributed by atoms with Crippen LogP contribution in [0.15, 0.2) is 25.5 Å². The monoisotopic (exact) mass is 392 g/mol. The summed E-state index contributed by atoms with van der Waals surface area (Å²) in [4.78, 5) is 11.2. The van der Waals surface area contributed by atoms with Crippen LogP contribution in [0.3, 0.4) is 0 Å². The van der Waals surface area contributed by atoms with Crippen molar-refractivity contribution in [2.45, 2.75) is 6.92 Å². The first kappa shape index (κ1) is 14.2. The number of halogens is 2. The van der Waals surface area contributed by atoms with Crippen molar-refractivity contribution in [3.05, 3.63) is 21.1 Å². The summed E-state index contributed by atoms with van der Waals surface area (Å²) in [6.45, 7) is 1.93. The Morgan fingerprint density at radius 3 is 2.74 bits per heavy atom. The minimum atomic E-state index is -0.802. The summed E-state index contributed by atoms with van der Waals surface area (Å²) in [5.41, 5.74) is 0.527. The van der Waals surface area contributed by atoms with E-state index in [-0.39, 0.29) is 12.6 Å². The van der Waals surface area contributed by atoms with Crippen LogP contribution < -0.4 is 9.47 Å². The average Bonchev–Trinajstić information content (AvgIpc) is 2.72. The van der Waals surface area contributed by atoms with Gasteiger partial charge in [-0.2, -0.15) is 0 Å². The van der Waals surface area contributed by atoms with Crippen LogP contribution in [-0.2, 0) is 4.74 Å². The van der Waals surface area contributed by atoms with E-state index in [1.54, 1.807) is 26.2 Å². The standard InChI is InChI=1S/C12H10Br2O5/c1-3-17-12(15)19-8-5-6-4-7(13)11(16-2)9(14)10(6)18-8/h4-5H,3H2,1-2H3. The predicted molar refractivity (Wildman–Crippen MR) is 75.8 cm³/mol. The molecular weight excluding hydrogens is 384 g/mol. The lowest BCUT2D eigenvalue weighted by molar-refractivity contribution is 0.0957. The van der Waals surface area contributed by atoms with Gasteiger partial charge in [-0.15, -0.1) is 0 Å². The number of fused-ring (bicyclic) bond motifs is 1. The van der Waals surface area contributed by atoms with Gasteiger partial charge in [0.05, 0.1) is 18.2 Å². The molecule has 1 aromatic heterocycles. The second kappa shape index (κ2) is 5.83. The Morgan fingerprint density at radius 1 is 1.37 bits per heavy atom. The van der Waals surface area contributed by atoms with Crippen molar-refractivity contribution in [2.75, 3.05) is 13.7 Å². The molecule has 7 heteroatoms. The lowest BCUT2D eigenvalue weighted by atomic mass is 10.2. The van der Waals surface area contributed by atoms with Gasteiger partial charge in [0.25, 0.3) is 5.95 Å². The van der Waals surface area contributed by atoms with Crippen molar-refractivity contribution in [1.29, 1.82) is 0 Å². The third-order valence-electron chi connectivity index (χ3n) is 2.29. The molecule has 0 unspecified atom stereocenters. The Balaban J connectivity index is 2.40. The quantitative estimate of drug-likeness (QED) is 0.718. The van der Waals surface area contributed by atoms with Crippen molar-refractivity contribution >= 4 is 49.0 Å². The van der Waals surface area contributed by atoms with Crippen LogP contribution in [0.4, 0.5) is 4.79 Å². The van der Waals surface area contributed by atoms with Crippen molar-refractivity contribution in [2.24, 2.45) is 0 Å². The van der Waals surface area contributed by atoms with E-state index in [1.165, 1.54) is 0 Å². The van der Waals surface area contributed by atoms with Crippen LogP contribution in [0.25, 0.3) is 11.0 Å². The fourth-order valence-corrected chi connectivity index (χ4v) is 3.10. The minimum Gasteiger partial charge on any atom is -0.494 e. The average molecular weight is 394 g/mol. The van der Waals surface area contributed by atoms with Crippen molar-refractivity contribution < 1.29 is 23.4 Å². The summed E-state index contributed by atoms with van der Waals surface area (Å²) in [6.07, 6.45) is -0.802. The first-order valence-electron chi connectivity index (χ1n) is 5.37. The topological polar surface area (TPSA) is 57.9 Å². The van der Waals surface area contributed by atoms with Crippen LogP contribution in [0, 0.1) is 0 Å². The number of methoxy groups -OCH3 is 1. The zero-order valence-electron chi connectivity index (χ0n) is 10.2. The largest absolute Gasteiger partial charge is 0.516 e. The number of ether oxygens (including phenoxy) is 3. The van der Waals surface area contributed by atoms with Crippen molar-refractivity contribution in [3.63, 3.8) is 0 Å². The Hall–Kier alpha value is -1.21. The molecule has 0 aliphatic heterocycles. The number of carbonyl (C=O) groups is 1. The molecule has 0 spiro atoms. The number of furan rings is 1. The number of carbonyl (C=O) groups excluding carboxylic acids is 1. The summed E-state index contributed by atoms with van der Waals surface area (Å²) < 4.78 is 21.6. The second-order valence-electron chi connectivity index (χ2n) is 3.47. The van der Waals surface area contributed by atoms with E-state index in [0.717, 1.165) is 9.86 Å². The molecule has 1 aromatic carbocycles. The van der Waals surface area contributed by atoms with Gasteiger partial charge >= 0.3 is 6.16 Å². The summed E-state index contributed by atoms with van der Waals surface area (Å²) in [5, 5.41) is 0.763. The SMILES string of the molecule is CCOC(=O)Oc1cc2cc(Br)c(OC)c(Br)c2o1. The second-order valence-corrected chi connectivity index (χ2v) is 5.12. The zero-order chi connectivity index (χ0) is 14.0. The first-order chi connectivity index (χ1) is 9.06. The van der Waals surface area contributed by atoms with E-state index in [4.69, 9.17) is 13.9 Å². The van der Waals surface area contributed by atoms with Gasteiger partial charge < -0.3 is 18.6 Å². The third kappa shape index (κ3) is 2.87. The number of hydrogen-bond donors (Lipinski definition) is 0. The molecule has 2 aromatic rings. The molecule has 0 bridgehead atoms. The van der Waals surface area contributed by atoms with Crippen LogP contribution >= 0.6 is 31.9 Å². The molecule has 19 heavy (non-hydrogen) atoms. The third-order valence-corrected chi connectivity index (χ3v) is 3.60. The Labute approximate surface area is 126 Å². The molecular formula is C12H10Br2O5. The minimum absolute atomic E-state index is 0.0642. The van der Waals surface area contributed by atoms with Crippen LogP contribution in [0.5, 0.6) is 11.7 Å². The summed E-state index contributed by atoms with van der Waals surface area (Å²) in [6, 6.07) is 3.40.